The van der Waals surface area contributed by atoms with Crippen LogP contribution < -0.4 is 33.6 Å². The Morgan fingerprint density at radius 3 is 1.14 bits per heavy atom. The van der Waals surface area contributed by atoms with E-state index < -0.39 is 12.1 Å². The number of primary amides is 2. The van der Waals surface area contributed by atoms with E-state index in [2.05, 4.69) is 10.6 Å². The second-order valence-electron chi connectivity index (χ2n) is 6.24. The fourth-order valence-corrected chi connectivity index (χ4v) is 2.93. The van der Waals surface area contributed by atoms with Gasteiger partial charge in [-0.1, -0.05) is 0 Å². The molecule has 0 saturated heterocycles. The lowest BCUT2D eigenvalue weighted by atomic mass is 9.91. The molecule has 0 aromatic carbocycles. The minimum atomic E-state index is -0.490. The van der Waals surface area contributed by atoms with Crippen LogP contribution in [0.3, 0.4) is 0 Å². The maximum atomic E-state index is 10.5. The van der Waals surface area contributed by atoms with E-state index in [1.807, 2.05) is 0 Å². The molecule has 0 bridgehead atoms. The number of hydrogen-bond acceptors (Lipinski definition) is 4. The van der Waals surface area contributed by atoms with E-state index in [0.29, 0.717) is 12.1 Å². The minimum Gasteiger partial charge on any atom is -0.352 e. The number of carbonyl (C=O) groups excluding carboxylic acids is 2. The van der Waals surface area contributed by atoms with Gasteiger partial charge in [-0.2, -0.15) is 0 Å². The van der Waals surface area contributed by atoms with Crippen LogP contribution in [0.2, 0.25) is 0 Å². The van der Waals surface area contributed by atoms with Crippen LogP contribution in [0.1, 0.15) is 51.4 Å². The summed E-state index contributed by atoms with van der Waals surface area (Å²) in [6, 6.07) is 0.175. The van der Waals surface area contributed by atoms with Crippen molar-refractivity contribution in [3.05, 3.63) is 0 Å². The van der Waals surface area contributed by atoms with Crippen LogP contribution in [-0.2, 0) is 0 Å². The molecule has 2 aliphatic rings. The van der Waals surface area contributed by atoms with Gasteiger partial charge in [0.25, 0.3) is 0 Å². The molecule has 8 heteroatoms. The van der Waals surface area contributed by atoms with Gasteiger partial charge in [-0.05, 0) is 51.4 Å². The number of amides is 4. The van der Waals surface area contributed by atoms with Gasteiger partial charge in [0.1, 0.15) is 0 Å². The molecule has 22 heavy (non-hydrogen) atoms. The molecule has 2 rings (SSSR count). The van der Waals surface area contributed by atoms with E-state index in [1.165, 1.54) is 0 Å². The SMILES string of the molecule is NC(=O)NC1CCC(NC(N)=O)CC1.NC1CCC(N)CC1. The van der Waals surface area contributed by atoms with Crippen molar-refractivity contribution in [2.24, 2.45) is 22.9 Å². The van der Waals surface area contributed by atoms with Crippen molar-refractivity contribution >= 4 is 12.1 Å². The van der Waals surface area contributed by atoms with Gasteiger partial charge in [0.2, 0.25) is 0 Å². The molecule has 8 nitrogen and oxygen atoms in total. The molecular formula is C14H30N6O2. The predicted molar refractivity (Wildman–Crippen MR) is 85.9 cm³/mol. The monoisotopic (exact) mass is 314 g/mol. The lowest BCUT2D eigenvalue weighted by Crippen LogP contribution is -2.46. The zero-order valence-corrected chi connectivity index (χ0v) is 13.1. The van der Waals surface area contributed by atoms with Crippen molar-refractivity contribution in [3.8, 4) is 0 Å². The average molecular weight is 314 g/mol. The highest BCUT2D eigenvalue weighted by atomic mass is 16.2. The highest BCUT2D eigenvalue weighted by Crippen LogP contribution is 2.18. The van der Waals surface area contributed by atoms with Crippen molar-refractivity contribution in [2.75, 3.05) is 0 Å². The lowest BCUT2D eigenvalue weighted by molar-refractivity contribution is 0.229. The number of rotatable bonds is 2. The molecule has 128 valence electrons. The third-order valence-electron chi connectivity index (χ3n) is 4.24. The molecule has 2 saturated carbocycles. The number of nitrogens with two attached hydrogens (primary N) is 4. The maximum Gasteiger partial charge on any atom is 0.312 e. The summed E-state index contributed by atoms with van der Waals surface area (Å²) < 4.78 is 0. The Hall–Kier alpha value is -1.54. The normalized spacial score (nSPS) is 31.4. The molecule has 0 unspecified atom stereocenters. The van der Waals surface area contributed by atoms with Gasteiger partial charge in [0.05, 0.1) is 0 Å². The summed E-state index contributed by atoms with van der Waals surface area (Å²) in [6.07, 6.45) is 7.81. The summed E-state index contributed by atoms with van der Waals surface area (Å²) in [7, 11) is 0. The Balaban J connectivity index is 0.000000255. The highest BCUT2D eigenvalue weighted by Gasteiger charge is 2.22. The minimum absolute atomic E-state index is 0.137. The molecular weight excluding hydrogens is 284 g/mol. The van der Waals surface area contributed by atoms with Gasteiger partial charge >= 0.3 is 12.1 Å². The van der Waals surface area contributed by atoms with E-state index in [0.717, 1.165) is 51.4 Å². The van der Waals surface area contributed by atoms with Gasteiger partial charge in [-0.15, -0.1) is 0 Å². The van der Waals surface area contributed by atoms with Crippen LogP contribution in [0.5, 0.6) is 0 Å². The first-order valence-corrected chi connectivity index (χ1v) is 8.00. The number of carbonyl (C=O) groups is 2. The van der Waals surface area contributed by atoms with Crippen LogP contribution in [0.15, 0.2) is 0 Å². The van der Waals surface area contributed by atoms with Crippen LogP contribution >= 0.6 is 0 Å². The Morgan fingerprint density at radius 1 is 0.636 bits per heavy atom. The van der Waals surface area contributed by atoms with E-state index >= 15 is 0 Å². The Kier molecular flexibility index (Phi) is 7.97. The van der Waals surface area contributed by atoms with Crippen LogP contribution in [-0.4, -0.2) is 36.2 Å². The largest absolute Gasteiger partial charge is 0.352 e. The summed E-state index contributed by atoms with van der Waals surface area (Å²) >= 11 is 0. The van der Waals surface area contributed by atoms with Crippen molar-refractivity contribution in [1.82, 2.24) is 10.6 Å². The highest BCUT2D eigenvalue weighted by molar-refractivity contribution is 5.72. The first kappa shape index (κ1) is 18.5. The molecule has 0 atom stereocenters. The quantitative estimate of drug-likeness (QED) is 0.418. The molecule has 2 aliphatic carbocycles. The van der Waals surface area contributed by atoms with Crippen molar-refractivity contribution < 1.29 is 9.59 Å². The molecule has 10 N–H and O–H groups in total. The van der Waals surface area contributed by atoms with E-state index in [-0.39, 0.29) is 12.1 Å². The maximum absolute atomic E-state index is 10.5. The van der Waals surface area contributed by atoms with Crippen molar-refractivity contribution in [3.63, 3.8) is 0 Å². The van der Waals surface area contributed by atoms with Crippen molar-refractivity contribution in [1.29, 1.82) is 0 Å². The Labute approximate surface area is 131 Å². The standard InChI is InChI=1S/C8H16N4O2.C6H14N2/c9-7(13)11-5-1-2-6(4-3-5)12-8(10)14;7-5-1-2-6(8)4-3-5/h5-6H,1-4H2,(H3,9,11,13)(H3,10,12,14);5-6H,1-4,7-8H2. The molecule has 0 heterocycles. The molecule has 4 amide bonds. The average Bonchev–Trinajstić information content (AvgIpc) is 2.44. The van der Waals surface area contributed by atoms with Gasteiger partial charge in [0.15, 0.2) is 0 Å². The molecule has 0 aromatic rings. The number of nitrogens with one attached hydrogen (secondary N) is 2. The molecule has 2 fully saturated rings. The van der Waals surface area contributed by atoms with Gasteiger partial charge < -0.3 is 33.6 Å². The predicted octanol–water partition coefficient (Wildman–Crippen LogP) is -0.151. The first-order valence-electron chi connectivity index (χ1n) is 8.00. The Bertz CT molecular complexity index is 315. The van der Waals surface area contributed by atoms with Gasteiger partial charge in [-0.3, -0.25) is 0 Å². The van der Waals surface area contributed by atoms with Gasteiger partial charge in [0, 0.05) is 24.2 Å². The fraction of sp³-hybridized carbons (Fsp3) is 0.857. The van der Waals surface area contributed by atoms with Crippen LogP contribution in [0, 0.1) is 0 Å². The zero-order valence-electron chi connectivity index (χ0n) is 13.1. The summed E-state index contributed by atoms with van der Waals surface area (Å²) in [5.74, 6) is 0. The topological polar surface area (TPSA) is 162 Å². The van der Waals surface area contributed by atoms with Gasteiger partial charge in [-0.25, -0.2) is 9.59 Å². The third-order valence-corrected chi connectivity index (χ3v) is 4.24. The lowest BCUT2D eigenvalue weighted by Gasteiger charge is -2.28. The molecule has 0 aliphatic heterocycles. The zero-order chi connectivity index (χ0) is 16.5. The van der Waals surface area contributed by atoms with E-state index in [4.69, 9.17) is 22.9 Å². The summed E-state index contributed by atoms with van der Waals surface area (Å²) in [4.78, 5) is 21.1. The molecule has 0 spiro atoms. The molecule has 0 aromatic heterocycles. The number of urea groups is 2. The number of hydrogen-bond donors (Lipinski definition) is 6. The van der Waals surface area contributed by atoms with Crippen molar-refractivity contribution in [2.45, 2.75) is 75.5 Å². The Morgan fingerprint density at radius 2 is 0.909 bits per heavy atom. The fourth-order valence-electron chi connectivity index (χ4n) is 2.93. The smallest absolute Gasteiger partial charge is 0.312 e. The first-order chi connectivity index (χ1) is 10.4. The third kappa shape index (κ3) is 8.04. The summed E-state index contributed by atoms with van der Waals surface area (Å²) in [5.41, 5.74) is 21.3. The second kappa shape index (κ2) is 9.47. The summed E-state index contributed by atoms with van der Waals surface area (Å²) in [6.45, 7) is 0. The van der Waals surface area contributed by atoms with E-state index in [1.54, 1.807) is 0 Å². The molecule has 0 radical (unpaired) electrons. The summed E-state index contributed by atoms with van der Waals surface area (Å²) in [5, 5.41) is 5.30. The van der Waals surface area contributed by atoms with E-state index in [9.17, 15) is 9.59 Å². The van der Waals surface area contributed by atoms with Crippen LogP contribution in [0.25, 0.3) is 0 Å². The van der Waals surface area contributed by atoms with Crippen LogP contribution in [0.4, 0.5) is 9.59 Å². The second-order valence-corrected chi connectivity index (χ2v) is 6.24.